The lowest BCUT2D eigenvalue weighted by Crippen LogP contribution is -2.31. The summed E-state index contributed by atoms with van der Waals surface area (Å²) in [6.07, 6.45) is -3.27. The summed E-state index contributed by atoms with van der Waals surface area (Å²) in [5, 5.41) is 0. The minimum Gasteiger partial charge on any atom is -0.468 e. The van der Waals surface area contributed by atoms with E-state index >= 15 is 0 Å². The third-order valence-electron chi connectivity index (χ3n) is 6.05. The van der Waals surface area contributed by atoms with Gasteiger partial charge in [0, 0.05) is 6.54 Å². The number of furan rings is 1. The number of nitrogens with zero attached hydrogens (tertiary/aromatic N) is 1. The normalized spacial score (nSPS) is 12.6. The van der Waals surface area contributed by atoms with Gasteiger partial charge in [-0.15, -0.1) is 0 Å². The Balaban J connectivity index is 1.60. The van der Waals surface area contributed by atoms with Gasteiger partial charge in [0.15, 0.2) is 0 Å². The van der Waals surface area contributed by atoms with Crippen LogP contribution in [0, 0.1) is 20.8 Å². The highest BCUT2D eigenvalue weighted by Gasteiger charge is 2.32. The van der Waals surface area contributed by atoms with Crippen molar-refractivity contribution in [3.05, 3.63) is 113 Å². The molecule has 0 radical (unpaired) electrons. The molecule has 0 N–H and O–H groups in total. The van der Waals surface area contributed by atoms with Gasteiger partial charge >= 0.3 is 16.3 Å². The topological polar surface area (TPSA) is 93.9 Å². The van der Waals surface area contributed by atoms with Crippen molar-refractivity contribution in [2.75, 3.05) is 0 Å². The van der Waals surface area contributed by atoms with Crippen molar-refractivity contribution in [1.29, 1.82) is 0 Å². The summed E-state index contributed by atoms with van der Waals surface area (Å²) in [6.45, 7) is 5.22. The molecule has 0 saturated carbocycles. The van der Waals surface area contributed by atoms with E-state index in [1.165, 1.54) is 34.8 Å². The average molecular weight is 594 g/mol. The van der Waals surface area contributed by atoms with Crippen LogP contribution in [0.1, 0.15) is 33.6 Å². The number of alkyl halides is 3. The molecule has 4 aromatic rings. The number of rotatable bonds is 9. The van der Waals surface area contributed by atoms with Gasteiger partial charge in [0.25, 0.3) is 0 Å². The first-order chi connectivity index (χ1) is 18.7. The van der Waals surface area contributed by atoms with Gasteiger partial charge < -0.3 is 8.60 Å². The van der Waals surface area contributed by atoms with E-state index in [9.17, 15) is 30.0 Å². The van der Waals surface area contributed by atoms with E-state index in [1.807, 2.05) is 6.92 Å². The zero-order valence-electron chi connectivity index (χ0n) is 21.8. The van der Waals surface area contributed by atoms with E-state index in [1.54, 1.807) is 38.1 Å². The Bertz CT molecular complexity index is 1690. The summed E-state index contributed by atoms with van der Waals surface area (Å²) in [7, 11) is -8.55. The molecule has 0 amide bonds. The summed E-state index contributed by atoms with van der Waals surface area (Å²) >= 11 is 0. The Morgan fingerprint density at radius 1 is 0.825 bits per heavy atom. The molecule has 1 heterocycles. The van der Waals surface area contributed by atoms with Gasteiger partial charge in [-0.25, -0.2) is 8.42 Å². The summed E-state index contributed by atoms with van der Waals surface area (Å²) in [4.78, 5) is -0.456. The molecule has 40 heavy (non-hydrogen) atoms. The Kier molecular flexibility index (Phi) is 8.16. The zero-order chi connectivity index (χ0) is 29.3. The minimum atomic E-state index is -4.72. The molecule has 0 aliphatic rings. The highest BCUT2D eigenvalue weighted by Crippen LogP contribution is 2.32. The molecule has 0 fully saturated rings. The van der Waals surface area contributed by atoms with Crippen LogP contribution in [0.3, 0.4) is 0 Å². The molecule has 0 aliphatic heterocycles. The van der Waals surface area contributed by atoms with Crippen LogP contribution in [0.5, 0.6) is 5.75 Å². The van der Waals surface area contributed by atoms with Crippen LogP contribution in [-0.2, 0) is 39.4 Å². The third kappa shape index (κ3) is 6.57. The summed E-state index contributed by atoms with van der Waals surface area (Å²) in [5.41, 5.74) is 1.53. The number of hydrogen-bond acceptors (Lipinski definition) is 6. The molecule has 212 valence electrons. The SMILES string of the molecule is Cc1cc(C)c(S(=O)(=O)N(Cc2ccc(OS(=O)(=O)c3cccc(C(F)(F)F)c3)cc2)Cc2ccco2)c(C)c1. The van der Waals surface area contributed by atoms with Crippen molar-refractivity contribution in [3.63, 3.8) is 0 Å². The van der Waals surface area contributed by atoms with Crippen LogP contribution in [0.2, 0.25) is 0 Å². The van der Waals surface area contributed by atoms with Crippen LogP contribution in [0.25, 0.3) is 0 Å². The third-order valence-corrected chi connectivity index (χ3v) is 9.39. The maximum Gasteiger partial charge on any atom is 0.416 e. The molecular formula is C28H26F3NO6S2. The van der Waals surface area contributed by atoms with Crippen molar-refractivity contribution in [3.8, 4) is 5.75 Å². The molecule has 12 heteroatoms. The zero-order valence-corrected chi connectivity index (χ0v) is 23.4. The maximum atomic E-state index is 13.8. The van der Waals surface area contributed by atoms with Gasteiger partial charge in [0.2, 0.25) is 10.0 Å². The Morgan fingerprint density at radius 3 is 2.05 bits per heavy atom. The predicted octanol–water partition coefficient (Wildman–Crippen LogP) is 6.38. The second-order valence-electron chi connectivity index (χ2n) is 9.29. The fourth-order valence-electron chi connectivity index (χ4n) is 4.36. The molecule has 0 bridgehead atoms. The van der Waals surface area contributed by atoms with Crippen LogP contribution >= 0.6 is 0 Å². The predicted molar refractivity (Wildman–Crippen MR) is 141 cm³/mol. The van der Waals surface area contributed by atoms with Gasteiger partial charge in [-0.3, -0.25) is 0 Å². The number of sulfonamides is 1. The van der Waals surface area contributed by atoms with Gasteiger partial charge in [0.05, 0.1) is 23.3 Å². The average Bonchev–Trinajstić information content (AvgIpc) is 3.37. The smallest absolute Gasteiger partial charge is 0.416 e. The van der Waals surface area contributed by atoms with E-state index in [0.717, 1.165) is 23.8 Å². The van der Waals surface area contributed by atoms with Crippen LogP contribution in [-0.4, -0.2) is 21.1 Å². The Labute approximate surface area is 231 Å². The fourth-order valence-corrected chi connectivity index (χ4v) is 7.15. The van der Waals surface area contributed by atoms with Gasteiger partial charge in [-0.1, -0.05) is 35.9 Å². The van der Waals surface area contributed by atoms with Crippen LogP contribution < -0.4 is 4.18 Å². The summed E-state index contributed by atoms with van der Waals surface area (Å²) in [6, 6.07) is 15.7. The first-order valence-corrected chi connectivity index (χ1v) is 14.8. The van der Waals surface area contributed by atoms with E-state index in [0.29, 0.717) is 28.5 Å². The van der Waals surface area contributed by atoms with Crippen LogP contribution in [0.4, 0.5) is 13.2 Å². The lowest BCUT2D eigenvalue weighted by atomic mass is 10.1. The molecule has 0 saturated heterocycles. The van der Waals surface area contributed by atoms with Crippen molar-refractivity contribution in [2.45, 2.75) is 49.8 Å². The first-order valence-electron chi connectivity index (χ1n) is 12.0. The maximum absolute atomic E-state index is 13.8. The monoisotopic (exact) mass is 593 g/mol. The number of benzene rings is 3. The van der Waals surface area contributed by atoms with Crippen molar-refractivity contribution in [2.24, 2.45) is 0 Å². The van der Waals surface area contributed by atoms with Crippen molar-refractivity contribution < 1.29 is 38.6 Å². The van der Waals surface area contributed by atoms with Crippen LogP contribution in [0.15, 0.2) is 93.3 Å². The molecular weight excluding hydrogens is 567 g/mol. The van der Waals surface area contributed by atoms with E-state index in [-0.39, 0.29) is 23.7 Å². The minimum absolute atomic E-state index is 0.0513. The second-order valence-corrected chi connectivity index (χ2v) is 12.7. The number of halogens is 3. The molecule has 0 atom stereocenters. The number of hydrogen-bond donors (Lipinski definition) is 0. The largest absolute Gasteiger partial charge is 0.468 e. The molecule has 1 aromatic heterocycles. The Hall–Kier alpha value is -3.61. The van der Waals surface area contributed by atoms with Gasteiger partial charge in [-0.2, -0.15) is 25.9 Å². The molecule has 3 aromatic carbocycles. The first kappa shape index (κ1) is 29.4. The van der Waals surface area contributed by atoms with E-state index in [4.69, 9.17) is 8.60 Å². The lowest BCUT2D eigenvalue weighted by molar-refractivity contribution is -0.137. The molecule has 0 aliphatic carbocycles. The number of aryl methyl sites for hydroxylation is 3. The summed E-state index contributed by atoms with van der Waals surface area (Å²) < 4.78 is 104. The summed E-state index contributed by atoms with van der Waals surface area (Å²) in [5.74, 6) is 0.282. The second kappa shape index (κ2) is 11.1. The Morgan fingerprint density at radius 2 is 1.48 bits per heavy atom. The molecule has 4 rings (SSSR count). The fraction of sp³-hybridized carbons (Fsp3) is 0.214. The van der Waals surface area contributed by atoms with E-state index in [2.05, 4.69) is 0 Å². The quantitative estimate of drug-likeness (QED) is 0.209. The standard InChI is InChI=1S/C28H26F3NO6S2/c1-19-14-20(2)27(21(3)15-19)39(33,34)32(18-25-7-5-13-37-25)17-22-9-11-24(12-10-22)38-40(35,36)26-8-4-6-23(16-26)28(29,30)31/h4-16H,17-18H2,1-3H3. The van der Waals surface area contributed by atoms with E-state index < -0.39 is 36.8 Å². The van der Waals surface area contributed by atoms with Gasteiger partial charge in [0.1, 0.15) is 16.4 Å². The molecule has 7 nitrogen and oxygen atoms in total. The van der Waals surface area contributed by atoms with Crippen molar-refractivity contribution in [1.82, 2.24) is 4.31 Å². The lowest BCUT2D eigenvalue weighted by Gasteiger charge is -2.24. The highest BCUT2D eigenvalue weighted by molar-refractivity contribution is 7.89. The van der Waals surface area contributed by atoms with Crippen molar-refractivity contribution >= 4 is 20.1 Å². The molecule has 0 unspecified atom stereocenters. The highest BCUT2D eigenvalue weighted by atomic mass is 32.2. The van der Waals surface area contributed by atoms with Gasteiger partial charge in [-0.05, 0) is 79.9 Å². The molecule has 0 spiro atoms.